The van der Waals surface area contributed by atoms with Gasteiger partial charge in [0.05, 0.1) is 5.92 Å². The summed E-state index contributed by atoms with van der Waals surface area (Å²) in [6.45, 7) is 2.46. The molecule has 6 heteroatoms. The fraction of sp³-hybridized carbons (Fsp3) is 0.867. The van der Waals surface area contributed by atoms with Crippen LogP contribution in [0.4, 0.5) is 4.79 Å². The minimum Gasteiger partial charge on any atom is -0.481 e. The minimum atomic E-state index is -0.799. The van der Waals surface area contributed by atoms with E-state index in [1.165, 1.54) is 6.42 Å². The molecule has 3 fully saturated rings. The van der Waals surface area contributed by atoms with Crippen LogP contribution >= 0.6 is 0 Å². The number of nitrogens with one attached hydrogen (secondary N) is 1. The van der Waals surface area contributed by atoms with E-state index in [0.29, 0.717) is 19.5 Å². The summed E-state index contributed by atoms with van der Waals surface area (Å²) >= 11 is 0. The quantitative estimate of drug-likeness (QED) is 0.808. The van der Waals surface area contributed by atoms with Crippen molar-refractivity contribution in [3.05, 3.63) is 0 Å². The van der Waals surface area contributed by atoms with Crippen molar-refractivity contribution in [3.8, 4) is 0 Å². The smallest absolute Gasteiger partial charge is 0.317 e. The summed E-state index contributed by atoms with van der Waals surface area (Å²) < 4.78 is 5.46. The lowest BCUT2D eigenvalue weighted by molar-refractivity contribution is -0.141. The van der Waals surface area contributed by atoms with Crippen LogP contribution in [-0.2, 0) is 9.53 Å². The van der Waals surface area contributed by atoms with Crippen molar-refractivity contribution < 1.29 is 19.4 Å². The number of urea groups is 1. The van der Waals surface area contributed by atoms with Crippen LogP contribution in [-0.4, -0.2) is 54.4 Å². The van der Waals surface area contributed by atoms with E-state index in [-0.39, 0.29) is 17.5 Å². The van der Waals surface area contributed by atoms with Gasteiger partial charge in [0.1, 0.15) is 0 Å². The Hall–Kier alpha value is -1.30. The van der Waals surface area contributed by atoms with Crippen LogP contribution in [0.25, 0.3) is 0 Å². The van der Waals surface area contributed by atoms with E-state index in [0.717, 1.165) is 38.9 Å². The molecule has 2 amide bonds. The molecule has 2 saturated heterocycles. The van der Waals surface area contributed by atoms with Gasteiger partial charge < -0.3 is 20.1 Å². The maximum absolute atomic E-state index is 12.4. The summed E-state index contributed by atoms with van der Waals surface area (Å²) in [5.74, 6) is -1.21. The van der Waals surface area contributed by atoms with Gasteiger partial charge in [0.15, 0.2) is 0 Å². The monoisotopic (exact) mass is 296 g/mol. The standard InChI is InChI=1S/C15H24N2O4/c18-13(19)11-3-7-17(10-11)14(20)16-12-2-1-4-15(12)5-8-21-9-6-15/h11-12H,1-10H2,(H,16,20)(H,18,19). The molecule has 3 rings (SSSR count). The SMILES string of the molecule is O=C(O)C1CCN(C(=O)NC2CCCC23CCOCC3)C1. The average Bonchev–Trinajstić information content (AvgIpc) is 3.09. The Labute approximate surface area is 124 Å². The third-order valence-corrected chi connectivity index (χ3v) is 5.52. The van der Waals surface area contributed by atoms with E-state index >= 15 is 0 Å². The lowest BCUT2D eigenvalue weighted by Crippen LogP contribution is -2.51. The Morgan fingerprint density at radius 3 is 2.62 bits per heavy atom. The normalized spacial score (nSPS) is 31.5. The highest BCUT2D eigenvalue weighted by atomic mass is 16.5. The van der Waals surface area contributed by atoms with E-state index < -0.39 is 11.9 Å². The second kappa shape index (κ2) is 5.83. The number of amides is 2. The molecule has 2 N–H and O–H groups in total. The van der Waals surface area contributed by atoms with E-state index in [9.17, 15) is 9.59 Å². The van der Waals surface area contributed by atoms with Crippen LogP contribution in [0, 0.1) is 11.3 Å². The van der Waals surface area contributed by atoms with Crippen molar-refractivity contribution in [2.24, 2.45) is 11.3 Å². The fourth-order valence-corrected chi connectivity index (χ4v) is 4.13. The highest BCUT2D eigenvalue weighted by Crippen LogP contribution is 2.46. The molecule has 2 unspecified atom stereocenters. The Morgan fingerprint density at radius 1 is 1.19 bits per heavy atom. The van der Waals surface area contributed by atoms with Crippen molar-refractivity contribution in [2.75, 3.05) is 26.3 Å². The van der Waals surface area contributed by atoms with Crippen molar-refractivity contribution in [3.63, 3.8) is 0 Å². The first-order chi connectivity index (χ1) is 10.1. The fourth-order valence-electron chi connectivity index (χ4n) is 4.13. The van der Waals surface area contributed by atoms with Gasteiger partial charge >= 0.3 is 12.0 Å². The van der Waals surface area contributed by atoms with Gasteiger partial charge in [0, 0.05) is 32.3 Å². The second-order valence-electron chi connectivity index (χ2n) is 6.64. The number of carbonyl (C=O) groups excluding carboxylic acids is 1. The third-order valence-electron chi connectivity index (χ3n) is 5.52. The van der Waals surface area contributed by atoms with Crippen LogP contribution in [0.15, 0.2) is 0 Å². The van der Waals surface area contributed by atoms with Gasteiger partial charge in [-0.2, -0.15) is 0 Å². The highest BCUT2D eigenvalue weighted by molar-refractivity contribution is 5.77. The van der Waals surface area contributed by atoms with Gasteiger partial charge in [0.25, 0.3) is 0 Å². The zero-order valence-electron chi connectivity index (χ0n) is 12.3. The summed E-state index contributed by atoms with van der Waals surface area (Å²) in [6.07, 6.45) is 5.96. The molecule has 118 valence electrons. The zero-order valence-corrected chi connectivity index (χ0v) is 12.3. The summed E-state index contributed by atoms with van der Waals surface area (Å²) in [6, 6.07) is 0.134. The summed E-state index contributed by atoms with van der Waals surface area (Å²) in [5.41, 5.74) is 0.208. The van der Waals surface area contributed by atoms with Crippen molar-refractivity contribution in [2.45, 2.75) is 44.6 Å². The number of hydrogen-bond acceptors (Lipinski definition) is 3. The van der Waals surface area contributed by atoms with Crippen molar-refractivity contribution >= 4 is 12.0 Å². The molecule has 0 aromatic heterocycles. The Kier molecular flexibility index (Phi) is 4.06. The van der Waals surface area contributed by atoms with Gasteiger partial charge in [-0.05, 0) is 37.5 Å². The predicted octanol–water partition coefficient (Wildman–Crippen LogP) is 1.45. The molecule has 2 atom stereocenters. The van der Waals surface area contributed by atoms with Crippen molar-refractivity contribution in [1.29, 1.82) is 0 Å². The third kappa shape index (κ3) is 2.86. The van der Waals surface area contributed by atoms with E-state index in [2.05, 4.69) is 5.32 Å². The predicted molar refractivity (Wildman–Crippen MR) is 76.0 cm³/mol. The first-order valence-electron chi connectivity index (χ1n) is 7.97. The number of carboxylic acid groups (broad SMARTS) is 1. The van der Waals surface area contributed by atoms with Crippen LogP contribution in [0.3, 0.4) is 0 Å². The second-order valence-corrected chi connectivity index (χ2v) is 6.64. The molecule has 3 aliphatic rings. The van der Waals surface area contributed by atoms with Gasteiger partial charge in [0.2, 0.25) is 0 Å². The molecule has 1 spiro atoms. The van der Waals surface area contributed by atoms with Crippen LogP contribution in [0.1, 0.15) is 38.5 Å². The molecule has 21 heavy (non-hydrogen) atoms. The maximum Gasteiger partial charge on any atom is 0.317 e. The maximum atomic E-state index is 12.4. The number of carbonyl (C=O) groups is 2. The number of ether oxygens (including phenoxy) is 1. The number of likely N-dealkylation sites (tertiary alicyclic amines) is 1. The molecule has 2 aliphatic heterocycles. The van der Waals surface area contributed by atoms with Crippen LogP contribution < -0.4 is 5.32 Å². The first kappa shape index (κ1) is 14.6. The molecule has 1 saturated carbocycles. The highest BCUT2D eigenvalue weighted by Gasteiger charge is 2.45. The summed E-state index contributed by atoms with van der Waals surface area (Å²) in [5, 5.41) is 12.2. The largest absolute Gasteiger partial charge is 0.481 e. The number of aliphatic carboxylic acids is 1. The average molecular weight is 296 g/mol. The Morgan fingerprint density at radius 2 is 1.95 bits per heavy atom. The number of carboxylic acids is 1. The first-order valence-corrected chi connectivity index (χ1v) is 7.97. The minimum absolute atomic E-state index is 0.0866. The molecule has 1 aliphatic carbocycles. The van der Waals surface area contributed by atoms with Gasteiger partial charge in [-0.25, -0.2) is 4.79 Å². The molecule has 0 aromatic carbocycles. The van der Waals surface area contributed by atoms with E-state index in [4.69, 9.17) is 9.84 Å². The lowest BCUT2D eigenvalue weighted by atomic mass is 9.75. The van der Waals surface area contributed by atoms with E-state index in [1.54, 1.807) is 4.90 Å². The van der Waals surface area contributed by atoms with Crippen LogP contribution in [0.2, 0.25) is 0 Å². The number of hydrogen-bond donors (Lipinski definition) is 2. The van der Waals surface area contributed by atoms with Gasteiger partial charge in [-0.15, -0.1) is 0 Å². The van der Waals surface area contributed by atoms with Crippen molar-refractivity contribution in [1.82, 2.24) is 10.2 Å². The zero-order chi connectivity index (χ0) is 14.9. The molecular formula is C15H24N2O4. The lowest BCUT2D eigenvalue weighted by Gasteiger charge is -2.39. The van der Waals surface area contributed by atoms with Gasteiger partial charge in [-0.3, -0.25) is 4.79 Å². The molecule has 0 bridgehead atoms. The summed E-state index contributed by atoms with van der Waals surface area (Å²) in [7, 11) is 0. The Balaban J connectivity index is 1.58. The van der Waals surface area contributed by atoms with Gasteiger partial charge in [-0.1, -0.05) is 6.42 Å². The molecule has 0 aromatic rings. The van der Waals surface area contributed by atoms with E-state index in [1.807, 2.05) is 0 Å². The summed E-state index contributed by atoms with van der Waals surface area (Å²) in [4.78, 5) is 25.0. The number of nitrogens with zero attached hydrogens (tertiary/aromatic N) is 1. The Bertz CT molecular complexity index is 420. The molecule has 2 heterocycles. The number of rotatable bonds is 2. The molecule has 6 nitrogen and oxygen atoms in total. The molecule has 0 radical (unpaired) electrons. The van der Waals surface area contributed by atoms with Crippen LogP contribution in [0.5, 0.6) is 0 Å². The molecular weight excluding hydrogens is 272 g/mol. The topological polar surface area (TPSA) is 78.9 Å².